The summed E-state index contributed by atoms with van der Waals surface area (Å²) < 4.78 is 24.9. The highest BCUT2D eigenvalue weighted by atomic mass is 16.5. The molecule has 0 saturated heterocycles. The molecule has 0 unspecified atom stereocenters. The third kappa shape index (κ3) is 1.10. The third-order valence-corrected chi connectivity index (χ3v) is 0.910. The first-order valence-electron chi connectivity index (χ1n) is 3.88. The lowest BCUT2D eigenvalue weighted by Crippen LogP contribution is -1.93. The number of ether oxygens (including phenoxy) is 1. The summed E-state index contributed by atoms with van der Waals surface area (Å²) in [6.45, 7) is 0. The first-order valence-corrected chi connectivity index (χ1v) is 2.38. The Kier molecular flexibility index (Phi) is 0.797. The van der Waals surface area contributed by atoms with Gasteiger partial charge in [-0.25, -0.2) is 4.98 Å². The summed E-state index contributed by atoms with van der Waals surface area (Å²) in [4.78, 5) is 3.67. The smallest absolute Gasteiger partial charge is 0.166 e. The first-order chi connectivity index (χ1) is 5.49. The summed E-state index contributed by atoms with van der Waals surface area (Å²) in [6.07, 6.45) is 1.46. The van der Waals surface area contributed by atoms with Crippen LogP contribution in [0, 0.1) is 0 Å². The lowest BCUT2D eigenvalue weighted by molar-refractivity contribution is 0.415. The number of rotatable bonds is 1. The SMILES string of the molecule is [2H]C([2H])([2H])Oc1cccnc1N. The summed E-state index contributed by atoms with van der Waals surface area (Å²) >= 11 is 0. The van der Waals surface area contributed by atoms with E-state index >= 15 is 0 Å². The zero-order chi connectivity index (χ0) is 9.19. The Morgan fingerprint density at radius 2 is 2.78 bits per heavy atom. The maximum atomic E-state index is 6.79. The molecule has 1 aromatic rings. The molecular formula is C6H8N2O. The summed E-state index contributed by atoms with van der Waals surface area (Å²) in [6, 6.07) is 3.01. The van der Waals surface area contributed by atoms with Gasteiger partial charge in [0.25, 0.3) is 0 Å². The maximum absolute atomic E-state index is 6.79. The topological polar surface area (TPSA) is 48.1 Å². The average Bonchev–Trinajstić information content (AvgIpc) is 1.91. The molecule has 0 radical (unpaired) electrons. The molecule has 0 aliphatic carbocycles. The van der Waals surface area contributed by atoms with Gasteiger partial charge in [0, 0.05) is 6.20 Å². The van der Waals surface area contributed by atoms with Crippen molar-refractivity contribution in [3.05, 3.63) is 18.3 Å². The van der Waals surface area contributed by atoms with Crippen molar-refractivity contribution in [2.24, 2.45) is 0 Å². The van der Waals surface area contributed by atoms with Crippen LogP contribution in [-0.2, 0) is 0 Å². The Morgan fingerprint density at radius 3 is 3.44 bits per heavy atom. The van der Waals surface area contributed by atoms with Crippen molar-refractivity contribution in [1.82, 2.24) is 4.98 Å². The standard InChI is InChI=1S/C6H8N2O/c1-9-5-3-2-4-8-6(5)7/h2-4H,1H3,(H2,7,8)/i1D3. The van der Waals surface area contributed by atoms with E-state index in [1.54, 1.807) is 6.07 Å². The molecule has 1 aromatic heterocycles. The van der Waals surface area contributed by atoms with Crippen LogP contribution >= 0.6 is 0 Å². The van der Waals surface area contributed by atoms with Gasteiger partial charge in [0.15, 0.2) is 11.6 Å². The van der Waals surface area contributed by atoms with Crippen LogP contribution in [0.5, 0.6) is 5.75 Å². The maximum Gasteiger partial charge on any atom is 0.166 e. The van der Waals surface area contributed by atoms with Crippen molar-refractivity contribution in [1.29, 1.82) is 0 Å². The second kappa shape index (κ2) is 2.35. The van der Waals surface area contributed by atoms with Crippen LogP contribution in [-0.4, -0.2) is 12.0 Å². The number of hydrogen-bond donors (Lipinski definition) is 1. The Balaban J connectivity index is 2.83. The minimum atomic E-state index is -2.48. The zero-order valence-electron chi connectivity index (χ0n) is 7.66. The number of methoxy groups -OCH3 is 1. The Morgan fingerprint density at radius 1 is 1.89 bits per heavy atom. The van der Waals surface area contributed by atoms with Gasteiger partial charge in [-0.1, -0.05) is 0 Å². The van der Waals surface area contributed by atoms with Gasteiger partial charge in [-0.3, -0.25) is 0 Å². The van der Waals surface area contributed by atoms with E-state index in [2.05, 4.69) is 9.72 Å². The van der Waals surface area contributed by atoms with Crippen LogP contribution in [0.2, 0.25) is 0 Å². The number of hydrogen-bond acceptors (Lipinski definition) is 3. The minimum Gasteiger partial charge on any atom is -0.493 e. The highest BCUT2D eigenvalue weighted by Crippen LogP contribution is 2.14. The molecule has 0 saturated carbocycles. The van der Waals surface area contributed by atoms with E-state index in [9.17, 15) is 0 Å². The molecule has 0 atom stereocenters. The number of aromatic nitrogens is 1. The molecule has 0 spiro atoms. The highest BCUT2D eigenvalue weighted by molar-refractivity contribution is 5.44. The van der Waals surface area contributed by atoms with E-state index in [0.29, 0.717) is 0 Å². The van der Waals surface area contributed by atoms with Gasteiger partial charge in [-0.15, -0.1) is 0 Å². The van der Waals surface area contributed by atoms with Crippen molar-refractivity contribution < 1.29 is 8.85 Å². The van der Waals surface area contributed by atoms with Gasteiger partial charge >= 0.3 is 0 Å². The van der Waals surface area contributed by atoms with Crippen LogP contribution in [0.3, 0.4) is 0 Å². The first kappa shape index (κ1) is 3.06. The quantitative estimate of drug-likeness (QED) is 0.603. The molecule has 2 N–H and O–H groups in total. The highest BCUT2D eigenvalue weighted by Gasteiger charge is 1.93. The molecular weight excluding hydrogens is 116 g/mol. The molecule has 48 valence electrons. The minimum absolute atomic E-state index is 0.0774. The van der Waals surface area contributed by atoms with Gasteiger partial charge in [0.05, 0.1) is 11.2 Å². The fraction of sp³-hybridized carbons (Fsp3) is 0.167. The summed E-state index contributed by atoms with van der Waals surface area (Å²) in [5, 5.41) is 0. The second-order valence-electron chi connectivity index (χ2n) is 1.49. The summed E-state index contributed by atoms with van der Waals surface area (Å²) in [7, 11) is -2.48. The lowest BCUT2D eigenvalue weighted by Gasteiger charge is -1.99. The van der Waals surface area contributed by atoms with Gasteiger partial charge in [0.1, 0.15) is 0 Å². The van der Waals surface area contributed by atoms with Gasteiger partial charge in [0.2, 0.25) is 0 Å². The Labute approximate surface area is 57.7 Å². The second-order valence-corrected chi connectivity index (χ2v) is 1.49. The monoisotopic (exact) mass is 127 g/mol. The molecule has 0 fully saturated rings. The number of nitrogens with zero attached hydrogens (tertiary/aromatic N) is 1. The predicted molar refractivity (Wildman–Crippen MR) is 35.2 cm³/mol. The molecule has 0 aromatic carbocycles. The molecule has 0 bridgehead atoms. The van der Waals surface area contributed by atoms with Crippen LogP contribution in [0.1, 0.15) is 4.11 Å². The number of anilines is 1. The Bertz CT molecular complexity index is 274. The molecule has 1 rings (SSSR count). The van der Waals surface area contributed by atoms with Crippen LogP contribution < -0.4 is 10.5 Å². The molecule has 0 aliphatic heterocycles. The predicted octanol–water partition coefficient (Wildman–Crippen LogP) is 0.672. The van der Waals surface area contributed by atoms with Crippen molar-refractivity contribution in [2.75, 3.05) is 12.8 Å². The number of nitrogens with two attached hydrogens (primary N) is 1. The molecule has 1 heterocycles. The lowest BCUT2D eigenvalue weighted by atomic mass is 10.4. The van der Waals surface area contributed by atoms with E-state index in [1.165, 1.54) is 12.3 Å². The van der Waals surface area contributed by atoms with E-state index in [4.69, 9.17) is 9.85 Å². The van der Waals surface area contributed by atoms with Gasteiger partial charge in [-0.2, -0.15) is 0 Å². The van der Waals surface area contributed by atoms with Crippen LogP contribution in [0.15, 0.2) is 18.3 Å². The largest absolute Gasteiger partial charge is 0.493 e. The van der Waals surface area contributed by atoms with Crippen LogP contribution in [0.4, 0.5) is 5.82 Å². The van der Waals surface area contributed by atoms with Crippen molar-refractivity contribution >= 4 is 5.82 Å². The summed E-state index contributed by atoms with van der Waals surface area (Å²) in [5.41, 5.74) is 5.34. The molecule has 3 heteroatoms. The normalized spacial score (nSPS) is 15.3. The fourth-order valence-electron chi connectivity index (χ4n) is 0.489. The van der Waals surface area contributed by atoms with E-state index in [0.717, 1.165) is 0 Å². The fourth-order valence-corrected chi connectivity index (χ4v) is 0.489. The molecule has 0 aliphatic rings. The third-order valence-electron chi connectivity index (χ3n) is 0.910. The zero-order valence-corrected chi connectivity index (χ0v) is 4.66. The average molecular weight is 127 g/mol. The van der Waals surface area contributed by atoms with E-state index < -0.39 is 7.04 Å². The molecule has 9 heavy (non-hydrogen) atoms. The van der Waals surface area contributed by atoms with Crippen molar-refractivity contribution in [3.8, 4) is 5.75 Å². The number of nitrogen functional groups attached to an aromatic ring is 1. The van der Waals surface area contributed by atoms with E-state index in [-0.39, 0.29) is 11.6 Å². The van der Waals surface area contributed by atoms with E-state index in [1.807, 2.05) is 0 Å². The molecule has 0 amide bonds. The van der Waals surface area contributed by atoms with Crippen molar-refractivity contribution in [3.63, 3.8) is 0 Å². The molecule has 3 nitrogen and oxygen atoms in total. The van der Waals surface area contributed by atoms with Crippen molar-refractivity contribution in [2.45, 2.75) is 0 Å². The van der Waals surface area contributed by atoms with Gasteiger partial charge in [-0.05, 0) is 12.1 Å². The Hall–Kier alpha value is -1.25. The van der Waals surface area contributed by atoms with Crippen LogP contribution in [0.25, 0.3) is 0 Å². The number of pyridine rings is 1. The summed E-state index contributed by atoms with van der Waals surface area (Å²) in [5.74, 6) is 0.158. The van der Waals surface area contributed by atoms with Gasteiger partial charge < -0.3 is 10.5 Å².